The van der Waals surface area contributed by atoms with E-state index in [1.165, 1.54) is 25.7 Å². The van der Waals surface area contributed by atoms with Crippen LogP contribution in [0.1, 0.15) is 45.4 Å². The molecule has 0 spiro atoms. The Morgan fingerprint density at radius 2 is 1.76 bits per heavy atom. The molecule has 2 rings (SSSR count). The third kappa shape index (κ3) is 4.72. The lowest BCUT2D eigenvalue weighted by Crippen LogP contribution is -2.55. The highest BCUT2D eigenvalue weighted by atomic mass is 35.5. The molecular formula is C15H31Cl2N3O. The molecule has 0 aromatic carbocycles. The van der Waals surface area contributed by atoms with Gasteiger partial charge in [-0.3, -0.25) is 4.79 Å². The smallest absolute Gasteiger partial charge is 0.227 e. The highest BCUT2D eigenvalue weighted by molar-refractivity contribution is 5.85. The van der Waals surface area contributed by atoms with Crippen LogP contribution < -0.4 is 10.6 Å². The molecule has 126 valence electrons. The molecule has 1 heterocycles. The van der Waals surface area contributed by atoms with Gasteiger partial charge in [-0.05, 0) is 53.2 Å². The Labute approximate surface area is 141 Å². The number of nitrogens with one attached hydrogen (secondary N) is 2. The van der Waals surface area contributed by atoms with Crippen molar-refractivity contribution in [3.63, 3.8) is 0 Å². The van der Waals surface area contributed by atoms with E-state index < -0.39 is 0 Å². The normalized spacial score (nSPS) is 27.6. The van der Waals surface area contributed by atoms with Gasteiger partial charge in [-0.2, -0.15) is 0 Å². The molecule has 1 saturated carbocycles. The molecule has 21 heavy (non-hydrogen) atoms. The van der Waals surface area contributed by atoms with Crippen molar-refractivity contribution in [2.45, 2.75) is 51.0 Å². The lowest BCUT2D eigenvalue weighted by Gasteiger charge is -2.39. The third-order valence-electron chi connectivity index (χ3n) is 5.21. The van der Waals surface area contributed by atoms with E-state index >= 15 is 0 Å². The number of hydrogen-bond donors (Lipinski definition) is 2. The number of carbonyl (C=O) groups is 1. The summed E-state index contributed by atoms with van der Waals surface area (Å²) in [6.07, 6.45) is 7.08. The Bertz CT molecular complexity index is 325. The second-order valence-electron chi connectivity index (χ2n) is 6.85. The molecular weight excluding hydrogens is 309 g/mol. The highest BCUT2D eigenvalue weighted by Gasteiger charge is 2.39. The second kappa shape index (κ2) is 8.56. The number of rotatable bonds is 4. The van der Waals surface area contributed by atoms with Crippen molar-refractivity contribution in [1.29, 1.82) is 0 Å². The molecule has 4 nitrogen and oxygen atoms in total. The van der Waals surface area contributed by atoms with Crippen molar-refractivity contribution < 1.29 is 4.79 Å². The van der Waals surface area contributed by atoms with Gasteiger partial charge in [-0.1, -0.05) is 12.8 Å². The predicted molar refractivity (Wildman–Crippen MR) is 92.6 cm³/mol. The summed E-state index contributed by atoms with van der Waals surface area (Å²) in [5.74, 6) is 0.229. The first-order valence-corrected chi connectivity index (χ1v) is 7.65. The first-order valence-electron chi connectivity index (χ1n) is 7.65. The highest BCUT2D eigenvalue weighted by Crippen LogP contribution is 2.33. The minimum Gasteiger partial charge on any atom is -0.354 e. The third-order valence-corrected chi connectivity index (χ3v) is 5.21. The maximum atomic E-state index is 12.5. The standard InChI is InChI=1S/C15H29N3O.2ClH/c1-14(7-6-10-16-11-14)13(19)17-12-15(18(2)3)8-4-5-9-15;;/h16H,4-12H2,1-3H3,(H,17,19);2*1H. The summed E-state index contributed by atoms with van der Waals surface area (Å²) in [7, 11) is 4.28. The van der Waals surface area contributed by atoms with Crippen molar-refractivity contribution in [3.8, 4) is 0 Å². The topological polar surface area (TPSA) is 44.4 Å². The summed E-state index contributed by atoms with van der Waals surface area (Å²) in [5.41, 5.74) is -0.0293. The zero-order valence-electron chi connectivity index (χ0n) is 13.5. The summed E-state index contributed by atoms with van der Waals surface area (Å²) in [5, 5.41) is 6.58. The van der Waals surface area contributed by atoms with Crippen molar-refractivity contribution in [1.82, 2.24) is 15.5 Å². The molecule has 1 amide bonds. The maximum Gasteiger partial charge on any atom is 0.227 e. The van der Waals surface area contributed by atoms with Gasteiger partial charge in [0.15, 0.2) is 0 Å². The quantitative estimate of drug-likeness (QED) is 0.825. The van der Waals surface area contributed by atoms with Gasteiger partial charge in [0.2, 0.25) is 5.91 Å². The molecule has 0 aromatic rings. The Hall–Kier alpha value is -0.0300. The van der Waals surface area contributed by atoms with Gasteiger partial charge < -0.3 is 15.5 Å². The van der Waals surface area contributed by atoms with E-state index in [1.54, 1.807) is 0 Å². The van der Waals surface area contributed by atoms with Gasteiger partial charge in [0.25, 0.3) is 0 Å². The number of halogens is 2. The Morgan fingerprint density at radius 1 is 1.14 bits per heavy atom. The molecule has 2 aliphatic rings. The first kappa shape index (κ1) is 21.0. The van der Waals surface area contributed by atoms with Crippen molar-refractivity contribution in [3.05, 3.63) is 0 Å². The summed E-state index contributed by atoms with van der Waals surface area (Å²) >= 11 is 0. The van der Waals surface area contributed by atoms with E-state index in [0.29, 0.717) is 0 Å². The Balaban J connectivity index is 0.00000200. The number of amides is 1. The number of nitrogens with zero attached hydrogens (tertiary/aromatic N) is 1. The van der Waals surface area contributed by atoms with Crippen LogP contribution >= 0.6 is 24.8 Å². The molecule has 1 aliphatic heterocycles. The van der Waals surface area contributed by atoms with Crippen LogP contribution in [-0.2, 0) is 4.79 Å². The zero-order valence-corrected chi connectivity index (χ0v) is 15.2. The van der Waals surface area contributed by atoms with Gasteiger partial charge in [0.1, 0.15) is 0 Å². The fourth-order valence-electron chi connectivity index (χ4n) is 3.52. The fourth-order valence-corrected chi connectivity index (χ4v) is 3.52. The van der Waals surface area contributed by atoms with Crippen LogP contribution in [0.3, 0.4) is 0 Å². The van der Waals surface area contributed by atoms with E-state index in [2.05, 4.69) is 36.6 Å². The van der Waals surface area contributed by atoms with E-state index in [4.69, 9.17) is 0 Å². The number of carbonyl (C=O) groups excluding carboxylic acids is 1. The largest absolute Gasteiger partial charge is 0.354 e. The Morgan fingerprint density at radius 3 is 2.24 bits per heavy atom. The maximum absolute atomic E-state index is 12.5. The zero-order chi connectivity index (χ0) is 13.9. The van der Waals surface area contributed by atoms with Crippen molar-refractivity contribution in [2.75, 3.05) is 33.7 Å². The molecule has 2 N–H and O–H groups in total. The van der Waals surface area contributed by atoms with Gasteiger partial charge in [-0.25, -0.2) is 0 Å². The first-order chi connectivity index (χ1) is 8.99. The van der Waals surface area contributed by atoms with Crippen molar-refractivity contribution in [2.24, 2.45) is 5.41 Å². The van der Waals surface area contributed by atoms with Crippen LogP contribution in [0.25, 0.3) is 0 Å². The number of likely N-dealkylation sites (N-methyl/N-ethyl adjacent to an activating group) is 1. The molecule has 0 radical (unpaired) electrons. The van der Waals surface area contributed by atoms with E-state index in [0.717, 1.165) is 32.5 Å². The molecule has 0 aromatic heterocycles. The van der Waals surface area contributed by atoms with Crippen LogP contribution in [0.4, 0.5) is 0 Å². The second-order valence-corrected chi connectivity index (χ2v) is 6.85. The monoisotopic (exact) mass is 339 g/mol. The lowest BCUT2D eigenvalue weighted by molar-refractivity contribution is -0.131. The minimum atomic E-state index is -0.218. The van der Waals surface area contributed by atoms with Crippen LogP contribution in [0, 0.1) is 5.41 Å². The predicted octanol–water partition coefficient (Wildman–Crippen LogP) is 2.21. The van der Waals surface area contributed by atoms with Crippen LogP contribution in [0.15, 0.2) is 0 Å². The van der Waals surface area contributed by atoms with Crippen LogP contribution in [0.2, 0.25) is 0 Å². The van der Waals surface area contributed by atoms with Gasteiger partial charge in [0.05, 0.1) is 5.41 Å². The average molecular weight is 340 g/mol. The number of piperidine rings is 1. The summed E-state index contributed by atoms with van der Waals surface area (Å²) in [6, 6.07) is 0. The van der Waals surface area contributed by atoms with Gasteiger partial charge in [0, 0.05) is 18.6 Å². The van der Waals surface area contributed by atoms with E-state index in [1.807, 2.05) is 0 Å². The SMILES string of the molecule is CN(C)C1(CNC(=O)C2(C)CCCNC2)CCCC1.Cl.Cl. The molecule has 1 atom stereocenters. The molecule has 1 saturated heterocycles. The van der Waals surface area contributed by atoms with E-state index in [-0.39, 0.29) is 41.7 Å². The lowest BCUT2D eigenvalue weighted by atomic mass is 9.81. The minimum absolute atomic E-state index is 0. The molecule has 1 unspecified atom stereocenters. The van der Waals surface area contributed by atoms with Crippen molar-refractivity contribution >= 4 is 30.7 Å². The summed E-state index contributed by atoms with van der Waals surface area (Å²) in [4.78, 5) is 14.8. The average Bonchev–Trinajstić information content (AvgIpc) is 2.87. The molecule has 0 bridgehead atoms. The van der Waals surface area contributed by atoms with E-state index in [9.17, 15) is 4.79 Å². The van der Waals surface area contributed by atoms with Crippen LogP contribution in [0.5, 0.6) is 0 Å². The summed E-state index contributed by atoms with van der Waals surface area (Å²) in [6.45, 7) is 4.75. The van der Waals surface area contributed by atoms with Gasteiger partial charge in [-0.15, -0.1) is 24.8 Å². The fraction of sp³-hybridized carbons (Fsp3) is 0.933. The molecule has 6 heteroatoms. The van der Waals surface area contributed by atoms with Gasteiger partial charge >= 0.3 is 0 Å². The summed E-state index contributed by atoms with van der Waals surface area (Å²) < 4.78 is 0. The molecule has 1 aliphatic carbocycles. The Kier molecular flexibility index (Phi) is 8.55. The van der Waals surface area contributed by atoms with Crippen LogP contribution in [-0.4, -0.2) is 50.1 Å². The molecule has 2 fully saturated rings. The number of hydrogen-bond acceptors (Lipinski definition) is 3.